The van der Waals surface area contributed by atoms with Crippen LogP contribution in [0.3, 0.4) is 0 Å². The Kier molecular flexibility index (Phi) is 5.05. The molecule has 2 aromatic carbocycles. The number of nitrogens with zero attached hydrogens (tertiary/aromatic N) is 1. The zero-order valence-electron chi connectivity index (χ0n) is 14.5. The van der Waals surface area contributed by atoms with E-state index in [1.54, 1.807) is 18.2 Å². The van der Waals surface area contributed by atoms with Gasteiger partial charge in [0.05, 0.1) is 19.6 Å². The average molecular weight is 338 g/mol. The van der Waals surface area contributed by atoms with Crippen molar-refractivity contribution >= 4 is 22.5 Å². The number of ether oxygens (including phenoxy) is 1. The summed E-state index contributed by atoms with van der Waals surface area (Å²) in [5, 5.41) is 13.4. The van der Waals surface area contributed by atoms with E-state index < -0.39 is 0 Å². The van der Waals surface area contributed by atoms with Crippen molar-refractivity contribution < 1.29 is 14.6 Å². The number of aliphatic hydroxyl groups is 1. The minimum Gasteiger partial charge on any atom is -0.494 e. The van der Waals surface area contributed by atoms with E-state index in [0.29, 0.717) is 30.0 Å². The number of amides is 1. The molecule has 0 aliphatic carbocycles. The third-order valence-corrected chi connectivity index (χ3v) is 4.14. The van der Waals surface area contributed by atoms with Crippen molar-refractivity contribution in [1.29, 1.82) is 0 Å². The summed E-state index contributed by atoms with van der Waals surface area (Å²) in [6.07, 6.45) is 2.28. The van der Waals surface area contributed by atoms with Crippen LogP contribution in [0.15, 0.2) is 48.7 Å². The average Bonchev–Trinajstić information content (AvgIpc) is 2.92. The maximum atomic E-state index is 12.4. The fraction of sp³-hybridized carbons (Fsp3) is 0.250. The number of aromatic nitrogens is 1. The van der Waals surface area contributed by atoms with Gasteiger partial charge in [-0.05, 0) is 36.8 Å². The molecule has 5 heteroatoms. The summed E-state index contributed by atoms with van der Waals surface area (Å²) in [6, 6.07) is 13.3. The SMILES string of the molecule is CCOc1ccc(NC(=O)Cc2cn(C)c3ccccc23)cc1CO. The minimum atomic E-state index is -0.137. The maximum absolute atomic E-state index is 12.4. The zero-order valence-corrected chi connectivity index (χ0v) is 14.5. The smallest absolute Gasteiger partial charge is 0.228 e. The highest BCUT2D eigenvalue weighted by Gasteiger charge is 2.12. The van der Waals surface area contributed by atoms with Crippen LogP contribution in [0.5, 0.6) is 5.75 Å². The van der Waals surface area contributed by atoms with Gasteiger partial charge in [0.25, 0.3) is 0 Å². The second-order valence-corrected chi connectivity index (χ2v) is 5.92. The first-order valence-corrected chi connectivity index (χ1v) is 8.31. The predicted octanol–water partition coefficient (Wildman–Crippen LogP) is 3.25. The molecule has 130 valence electrons. The molecule has 0 aliphatic rings. The zero-order chi connectivity index (χ0) is 17.8. The molecule has 1 amide bonds. The van der Waals surface area contributed by atoms with Crippen LogP contribution in [-0.2, 0) is 24.9 Å². The lowest BCUT2D eigenvalue weighted by atomic mass is 10.1. The van der Waals surface area contributed by atoms with Gasteiger partial charge in [-0.3, -0.25) is 4.79 Å². The van der Waals surface area contributed by atoms with E-state index in [-0.39, 0.29) is 12.5 Å². The van der Waals surface area contributed by atoms with Crippen LogP contribution in [0.2, 0.25) is 0 Å². The normalized spacial score (nSPS) is 10.8. The Balaban J connectivity index is 1.76. The van der Waals surface area contributed by atoms with Crippen molar-refractivity contribution in [2.45, 2.75) is 20.0 Å². The summed E-state index contributed by atoms with van der Waals surface area (Å²) in [4.78, 5) is 12.4. The van der Waals surface area contributed by atoms with Crippen LogP contribution in [0.4, 0.5) is 5.69 Å². The molecule has 0 radical (unpaired) electrons. The highest BCUT2D eigenvalue weighted by molar-refractivity contribution is 5.96. The van der Waals surface area contributed by atoms with E-state index in [9.17, 15) is 9.90 Å². The number of benzene rings is 2. The summed E-state index contributed by atoms with van der Waals surface area (Å²) < 4.78 is 7.49. The molecule has 0 atom stereocenters. The van der Waals surface area contributed by atoms with Crippen LogP contribution in [-0.4, -0.2) is 22.2 Å². The van der Waals surface area contributed by atoms with Crippen molar-refractivity contribution in [3.8, 4) is 5.75 Å². The first-order valence-electron chi connectivity index (χ1n) is 8.31. The molecular formula is C20H22N2O3. The molecule has 2 N–H and O–H groups in total. The first kappa shape index (κ1) is 17.0. The summed E-state index contributed by atoms with van der Waals surface area (Å²) in [6.45, 7) is 2.28. The third kappa shape index (κ3) is 3.67. The monoisotopic (exact) mass is 338 g/mol. The van der Waals surface area contributed by atoms with Gasteiger partial charge in [-0.15, -0.1) is 0 Å². The van der Waals surface area contributed by atoms with Crippen molar-refractivity contribution in [2.24, 2.45) is 7.05 Å². The number of anilines is 1. The summed E-state index contributed by atoms with van der Waals surface area (Å²) >= 11 is 0. The summed E-state index contributed by atoms with van der Waals surface area (Å²) in [7, 11) is 1.98. The summed E-state index contributed by atoms with van der Waals surface area (Å²) in [5.41, 5.74) is 3.40. The van der Waals surface area contributed by atoms with Gasteiger partial charge in [-0.25, -0.2) is 0 Å². The number of aryl methyl sites for hydroxylation is 1. The number of nitrogens with one attached hydrogen (secondary N) is 1. The molecule has 0 saturated heterocycles. The van der Waals surface area contributed by atoms with Gasteiger partial charge in [0, 0.05) is 35.4 Å². The number of hydrogen-bond donors (Lipinski definition) is 2. The molecule has 5 nitrogen and oxygen atoms in total. The Bertz CT molecular complexity index is 899. The third-order valence-electron chi connectivity index (χ3n) is 4.14. The van der Waals surface area contributed by atoms with E-state index in [1.165, 1.54) is 0 Å². The maximum Gasteiger partial charge on any atom is 0.228 e. The van der Waals surface area contributed by atoms with Gasteiger partial charge in [-0.1, -0.05) is 18.2 Å². The molecule has 0 fully saturated rings. The van der Waals surface area contributed by atoms with E-state index in [0.717, 1.165) is 16.5 Å². The van der Waals surface area contributed by atoms with E-state index in [4.69, 9.17) is 4.74 Å². The van der Waals surface area contributed by atoms with Gasteiger partial charge in [0.2, 0.25) is 5.91 Å². The number of fused-ring (bicyclic) bond motifs is 1. The molecular weight excluding hydrogens is 316 g/mol. The van der Waals surface area contributed by atoms with E-state index in [2.05, 4.69) is 5.32 Å². The lowest BCUT2D eigenvalue weighted by Gasteiger charge is -2.11. The molecule has 0 saturated carbocycles. The second-order valence-electron chi connectivity index (χ2n) is 5.92. The summed E-state index contributed by atoms with van der Waals surface area (Å²) in [5.74, 6) is 0.543. The molecule has 0 spiro atoms. The molecule has 25 heavy (non-hydrogen) atoms. The molecule has 0 aliphatic heterocycles. The topological polar surface area (TPSA) is 63.5 Å². The quantitative estimate of drug-likeness (QED) is 0.725. The lowest BCUT2D eigenvalue weighted by Crippen LogP contribution is -2.14. The minimum absolute atomic E-state index is 0.0931. The number of carbonyl (C=O) groups excluding carboxylic acids is 1. The van der Waals surface area contributed by atoms with Crippen molar-refractivity contribution in [1.82, 2.24) is 4.57 Å². The van der Waals surface area contributed by atoms with Crippen LogP contribution in [0.25, 0.3) is 10.9 Å². The standard InChI is InChI=1S/C20H22N2O3/c1-3-25-19-9-8-16(10-15(19)13-23)21-20(24)11-14-12-22(2)18-7-5-4-6-17(14)18/h4-10,12,23H,3,11,13H2,1-2H3,(H,21,24). The van der Waals surface area contributed by atoms with Crippen LogP contribution >= 0.6 is 0 Å². The lowest BCUT2D eigenvalue weighted by molar-refractivity contribution is -0.115. The molecule has 0 bridgehead atoms. The Labute approximate surface area is 146 Å². The molecule has 0 unspecified atom stereocenters. The highest BCUT2D eigenvalue weighted by Crippen LogP contribution is 2.24. The fourth-order valence-corrected chi connectivity index (χ4v) is 3.02. The molecule has 3 rings (SSSR count). The van der Waals surface area contributed by atoms with Gasteiger partial charge in [-0.2, -0.15) is 0 Å². The van der Waals surface area contributed by atoms with Gasteiger partial charge in [0.15, 0.2) is 0 Å². The Morgan fingerprint density at radius 3 is 2.76 bits per heavy atom. The Hall–Kier alpha value is -2.79. The Morgan fingerprint density at radius 2 is 2.00 bits per heavy atom. The largest absolute Gasteiger partial charge is 0.494 e. The van der Waals surface area contributed by atoms with Crippen LogP contribution in [0.1, 0.15) is 18.1 Å². The van der Waals surface area contributed by atoms with Crippen molar-refractivity contribution in [3.63, 3.8) is 0 Å². The van der Waals surface area contributed by atoms with Crippen LogP contribution in [0, 0.1) is 0 Å². The van der Waals surface area contributed by atoms with E-state index >= 15 is 0 Å². The molecule has 3 aromatic rings. The second kappa shape index (κ2) is 7.40. The highest BCUT2D eigenvalue weighted by atomic mass is 16.5. The van der Waals surface area contributed by atoms with Gasteiger partial charge >= 0.3 is 0 Å². The number of aliphatic hydroxyl groups excluding tert-OH is 1. The number of rotatable bonds is 6. The van der Waals surface area contributed by atoms with Gasteiger partial charge < -0.3 is 19.7 Å². The number of carbonyl (C=O) groups is 1. The van der Waals surface area contributed by atoms with Crippen molar-refractivity contribution in [3.05, 3.63) is 59.8 Å². The predicted molar refractivity (Wildman–Crippen MR) is 98.8 cm³/mol. The number of hydrogen-bond acceptors (Lipinski definition) is 3. The molecule has 1 aromatic heterocycles. The van der Waals surface area contributed by atoms with Crippen LogP contribution < -0.4 is 10.1 Å². The Morgan fingerprint density at radius 1 is 1.20 bits per heavy atom. The fourth-order valence-electron chi connectivity index (χ4n) is 3.02. The first-order chi connectivity index (χ1) is 12.1. The van der Waals surface area contributed by atoms with Crippen molar-refractivity contribution in [2.75, 3.05) is 11.9 Å². The van der Waals surface area contributed by atoms with E-state index in [1.807, 2.05) is 49.0 Å². The van der Waals surface area contributed by atoms with Gasteiger partial charge in [0.1, 0.15) is 5.75 Å². The molecule has 1 heterocycles. The number of para-hydroxylation sites is 1.